The molecular weight excluding hydrogens is 136 g/mol. The standard InChI is InChI=1S/C10H17O/c1-4-7-8(5-2)10-9(6-3)11-10/h5,9H,4,6-7H2,1-3H3. The minimum Gasteiger partial charge on any atom is -0.358 e. The highest BCUT2D eigenvalue weighted by molar-refractivity contribution is 5.29. The SMILES string of the molecule is CC=C(CCC)[C]1OC1CC. The van der Waals surface area contributed by atoms with Gasteiger partial charge in [0.25, 0.3) is 0 Å². The number of rotatable bonds is 4. The van der Waals surface area contributed by atoms with Gasteiger partial charge in [-0.15, -0.1) is 0 Å². The Labute approximate surface area is 69.4 Å². The van der Waals surface area contributed by atoms with Crippen molar-refractivity contribution >= 4 is 0 Å². The molecule has 0 aromatic rings. The summed E-state index contributed by atoms with van der Waals surface area (Å²) in [6.45, 7) is 6.46. The minimum absolute atomic E-state index is 0.452. The molecule has 0 saturated carbocycles. The molecule has 0 N–H and O–H groups in total. The number of hydrogen-bond donors (Lipinski definition) is 0. The van der Waals surface area contributed by atoms with Gasteiger partial charge in [0.15, 0.2) is 6.10 Å². The van der Waals surface area contributed by atoms with E-state index < -0.39 is 0 Å². The predicted octanol–water partition coefficient (Wildman–Crippen LogP) is 3.07. The van der Waals surface area contributed by atoms with Gasteiger partial charge in [-0.1, -0.05) is 26.3 Å². The van der Waals surface area contributed by atoms with E-state index in [2.05, 4.69) is 26.8 Å². The number of ether oxygens (including phenoxy) is 1. The van der Waals surface area contributed by atoms with Gasteiger partial charge < -0.3 is 4.74 Å². The largest absolute Gasteiger partial charge is 0.358 e. The van der Waals surface area contributed by atoms with Crippen LogP contribution in [0.25, 0.3) is 0 Å². The predicted molar refractivity (Wildman–Crippen MR) is 47.1 cm³/mol. The molecule has 1 unspecified atom stereocenters. The molecular formula is C10H17O. The van der Waals surface area contributed by atoms with Crippen LogP contribution in [0.4, 0.5) is 0 Å². The van der Waals surface area contributed by atoms with Crippen molar-refractivity contribution in [3.05, 3.63) is 17.8 Å². The molecule has 1 heterocycles. The average Bonchev–Trinajstić information content (AvgIpc) is 2.79. The summed E-state index contributed by atoms with van der Waals surface area (Å²) in [5.74, 6) is 0. The zero-order chi connectivity index (χ0) is 8.27. The summed E-state index contributed by atoms with van der Waals surface area (Å²) >= 11 is 0. The molecule has 1 rings (SSSR count). The summed E-state index contributed by atoms with van der Waals surface area (Å²) in [4.78, 5) is 0. The summed E-state index contributed by atoms with van der Waals surface area (Å²) in [5.41, 5.74) is 1.42. The summed E-state index contributed by atoms with van der Waals surface area (Å²) in [7, 11) is 0. The van der Waals surface area contributed by atoms with Gasteiger partial charge in [0.2, 0.25) is 0 Å². The van der Waals surface area contributed by atoms with Crippen molar-refractivity contribution in [3.8, 4) is 0 Å². The van der Waals surface area contributed by atoms with Gasteiger partial charge in [0, 0.05) is 0 Å². The summed E-state index contributed by atoms with van der Waals surface area (Å²) in [5, 5.41) is 0. The second kappa shape index (κ2) is 3.91. The third kappa shape index (κ3) is 2.06. The van der Waals surface area contributed by atoms with Crippen LogP contribution in [0.3, 0.4) is 0 Å². The molecule has 63 valence electrons. The maximum absolute atomic E-state index is 5.42. The van der Waals surface area contributed by atoms with Gasteiger partial charge in [-0.2, -0.15) is 0 Å². The van der Waals surface area contributed by atoms with Crippen LogP contribution in [-0.2, 0) is 4.74 Å². The fraction of sp³-hybridized carbons (Fsp3) is 0.700. The Morgan fingerprint density at radius 1 is 1.55 bits per heavy atom. The smallest absolute Gasteiger partial charge is 0.151 e. The second-order valence-corrected chi connectivity index (χ2v) is 2.94. The van der Waals surface area contributed by atoms with E-state index in [9.17, 15) is 0 Å². The highest BCUT2D eigenvalue weighted by Crippen LogP contribution is 2.41. The Bertz CT molecular complexity index is 149. The van der Waals surface area contributed by atoms with E-state index >= 15 is 0 Å². The molecule has 1 nitrogen and oxygen atoms in total. The lowest BCUT2D eigenvalue weighted by atomic mass is 10.0. The first-order valence-corrected chi connectivity index (χ1v) is 4.52. The van der Waals surface area contributed by atoms with Crippen LogP contribution in [0.5, 0.6) is 0 Å². The van der Waals surface area contributed by atoms with E-state index in [-0.39, 0.29) is 0 Å². The molecule has 1 heteroatoms. The molecule has 0 aliphatic carbocycles. The quantitative estimate of drug-likeness (QED) is 0.565. The Hall–Kier alpha value is -0.300. The fourth-order valence-corrected chi connectivity index (χ4v) is 1.35. The molecule has 0 bridgehead atoms. The first-order valence-electron chi connectivity index (χ1n) is 4.52. The highest BCUT2D eigenvalue weighted by Gasteiger charge is 2.40. The van der Waals surface area contributed by atoms with Crippen LogP contribution in [0, 0.1) is 6.10 Å². The van der Waals surface area contributed by atoms with Crippen molar-refractivity contribution in [3.63, 3.8) is 0 Å². The summed E-state index contributed by atoms with van der Waals surface area (Å²) < 4.78 is 5.42. The van der Waals surface area contributed by atoms with E-state index in [1.807, 2.05) is 0 Å². The lowest BCUT2D eigenvalue weighted by Crippen LogP contribution is -1.89. The average molecular weight is 153 g/mol. The van der Waals surface area contributed by atoms with Crippen molar-refractivity contribution in [2.24, 2.45) is 0 Å². The van der Waals surface area contributed by atoms with Crippen LogP contribution >= 0.6 is 0 Å². The lowest BCUT2D eigenvalue weighted by Gasteiger charge is -1.97. The number of hydrogen-bond acceptors (Lipinski definition) is 1. The third-order valence-electron chi connectivity index (χ3n) is 2.06. The van der Waals surface area contributed by atoms with Crippen LogP contribution in [0.15, 0.2) is 11.6 Å². The Kier molecular flexibility index (Phi) is 3.13. The van der Waals surface area contributed by atoms with Crippen molar-refractivity contribution < 1.29 is 4.74 Å². The van der Waals surface area contributed by atoms with Crippen molar-refractivity contribution in [1.29, 1.82) is 0 Å². The Balaban J connectivity index is 2.34. The topological polar surface area (TPSA) is 12.5 Å². The zero-order valence-corrected chi connectivity index (χ0v) is 7.68. The van der Waals surface area contributed by atoms with Crippen LogP contribution in [0.1, 0.15) is 40.0 Å². The highest BCUT2D eigenvalue weighted by atomic mass is 16.6. The van der Waals surface area contributed by atoms with Crippen molar-refractivity contribution in [1.82, 2.24) is 0 Å². The molecule has 1 fully saturated rings. The van der Waals surface area contributed by atoms with Gasteiger partial charge in [0.1, 0.15) is 0 Å². The summed E-state index contributed by atoms with van der Waals surface area (Å²) in [6.07, 6.45) is 7.38. The molecule has 1 aliphatic heterocycles. The Morgan fingerprint density at radius 2 is 2.27 bits per heavy atom. The molecule has 1 atom stereocenters. The van der Waals surface area contributed by atoms with Crippen LogP contribution < -0.4 is 0 Å². The van der Waals surface area contributed by atoms with Gasteiger partial charge in [0.05, 0.1) is 6.10 Å². The van der Waals surface area contributed by atoms with Crippen LogP contribution in [-0.4, -0.2) is 6.10 Å². The van der Waals surface area contributed by atoms with Gasteiger partial charge in [-0.05, 0) is 25.3 Å². The minimum atomic E-state index is 0.452. The van der Waals surface area contributed by atoms with Gasteiger partial charge in [-0.25, -0.2) is 0 Å². The first kappa shape index (κ1) is 8.79. The monoisotopic (exact) mass is 153 g/mol. The number of epoxide rings is 1. The second-order valence-electron chi connectivity index (χ2n) is 2.94. The number of allylic oxidation sites excluding steroid dienone is 1. The molecule has 1 saturated heterocycles. The zero-order valence-electron chi connectivity index (χ0n) is 7.68. The molecule has 1 aliphatic rings. The molecule has 0 aromatic carbocycles. The van der Waals surface area contributed by atoms with Gasteiger partial charge in [-0.3, -0.25) is 0 Å². The van der Waals surface area contributed by atoms with E-state index in [1.165, 1.54) is 24.5 Å². The van der Waals surface area contributed by atoms with Gasteiger partial charge >= 0.3 is 0 Å². The fourth-order valence-electron chi connectivity index (χ4n) is 1.35. The molecule has 0 amide bonds. The molecule has 1 radical (unpaired) electrons. The molecule has 0 spiro atoms. The summed E-state index contributed by atoms with van der Waals surface area (Å²) in [6, 6.07) is 0. The van der Waals surface area contributed by atoms with E-state index in [0.29, 0.717) is 6.10 Å². The normalized spacial score (nSPS) is 25.7. The Morgan fingerprint density at radius 3 is 2.64 bits per heavy atom. The van der Waals surface area contributed by atoms with Crippen LogP contribution in [0.2, 0.25) is 0 Å². The molecule has 0 aromatic heterocycles. The molecule has 11 heavy (non-hydrogen) atoms. The third-order valence-corrected chi connectivity index (χ3v) is 2.06. The first-order chi connectivity index (χ1) is 5.33. The maximum Gasteiger partial charge on any atom is 0.151 e. The van der Waals surface area contributed by atoms with Crippen molar-refractivity contribution in [2.45, 2.75) is 46.1 Å². The lowest BCUT2D eigenvalue weighted by molar-refractivity contribution is 0.405. The van der Waals surface area contributed by atoms with E-state index in [4.69, 9.17) is 4.74 Å². The van der Waals surface area contributed by atoms with Crippen molar-refractivity contribution in [2.75, 3.05) is 0 Å². The maximum atomic E-state index is 5.42. The van der Waals surface area contributed by atoms with E-state index in [1.54, 1.807) is 0 Å². The van der Waals surface area contributed by atoms with E-state index in [0.717, 1.165) is 6.42 Å².